The predicted octanol–water partition coefficient (Wildman–Crippen LogP) is 3.97. The van der Waals surface area contributed by atoms with E-state index < -0.39 is 0 Å². The van der Waals surface area contributed by atoms with E-state index in [1.807, 2.05) is 19.1 Å². The maximum absolute atomic E-state index is 14.3. The molecule has 2 atom stereocenters. The number of benzene rings is 1. The molecule has 1 aromatic carbocycles. The molecule has 0 amide bonds. The summed E-state index contributed by atoms with van der Waals surface area (Å²) in [7, 11) is 0. The minimum absolute atomic E-state index is 0. The van der Waals surface area contributed by atoms with Gasteiger partial charge in [-0.2, -0.15) is 0 Å². The molecule has 122 valence electrons. The Hall–Kier alpha value is -0.350. The fraction of sp³-hybridized carbons (Fsp3) is 0.625. The smallest absolute Gasteiger partial charge is 0.128 e. The molecule has 1 saturated heterocycles. The summed E-state index contributed by atoms with van der Waals surface area (Å²) in [6, 6.07) is 5.86. The highest BCUT2D eigenvalue weighted by Gasteiger charge is 2.28. The normalized spacial score (nSPS) is 18.3. The van der Waals surface area contributed by atoms with Crippen LogP contribution in [0.2, 0.25) is 0 Å². The lowest BCUT2D eigenvalue weighted by molar-refractivity contribution is 0.125. The second-order valence-corrected chi connectivity index (χ2v) is 5.64. The third-order valence-electron chi connectivity index (χ3n) is 4.20. The molecule has 2 rings (SSSR count). The van der Waals surface area contributed by atoms with Gasteiger partial charge in [-0.05, 0) is 24.5 Å². The Morgan fingerprint density at radius 2 is 1.86 bits per heavy atom. The zero-order valence-electron chi connectivity index (χ0n) is 13.1. The molecule has 1 fully saturated rings. The van der Waals surface area contributed by atoms with Crippen molar-refractivity contribution in [3.05, 3.63) is 35.1 Å². The zero-order chi connectivity index (χ0) is 13.8. The van der Waals surface area contributed by atoms with E-state index in [1.165, 1.54) is 0 Å². The lowest BCUT2D eigenvalue weighted by Crippen LogP contribution is -2.46. The summed E-state index contributed by atoms with van der Waals surface area (Å²) >= 11 is 0. The molecule has 1 aliphatic heterocycles. The van der Waals surface area contributed by atoms with Gasteiger partial charge in [0.15, 0.2) is 0 Å². The SMILES string of the molecule is CCC(C)[C@H](c1ccc(C)cc1F)N1CCNCC1.Cl.Cl. The summed E-state index contributed by atoms with van der Waals surface area (Å²) in [5, 5.41) is 3.37. The summed E-state index contributed by atoms with van der Waals surface area (Å²) < 4.78 is 14.3. The van der Waals surface area contributed by atoms with Gasteiger partial charge in [-0.15, -0.1) is 24.8 Å². The van der Waals surface area contributed by atoms with Crippen molar-refractivity contribution in [3.8, 4) is 0 Å². The van der Waals surface area contributed by atoms with E-state index in [1.54, 1.807) is 6.07 Å². The highest BCUT2D eigenvalue weighted by molar-refractivity contribution is 5.85. The van der Waals surface area contributed by atoms with Gasteiger partial charge in [0, 0.05) is 37.8 Å². The monoisotopic (exact) mass is 336 g/mol. The van der Waals surface area contributed by atoms with Crippen molar-refractivity contribution in [3.63, 3.8) is 0 Å². The fourth-order valence-corrected chi connectivity index (χ4v) is 2.92. The van der Waals surface area contributed by atoms with Crippen LogP contribution in [0.3, 0.4) is 0 Å². The van der Waals surface area contributed by atoms with Gasteiger partial charge in [0.05, 0.1) is 0 Å². The lowest BCUT2D eigenvalue weighted by Gasteiger charge is -2.38. The Kier molecular flexibility index (Phi) is 9.46. The minimum atomic E-state index is -0.0520. The number of aryl methyl sites for hydroxylation is 1. The Bertz CT molecular complexity index is 423. The van der Waals surface area contributed by atoms with Crippen LogP contribution in [0.25, 0.3) is 0 Å². The van der Waals surface area contributed by atoms with Crippen LogP contribution in [0.15, 0.2) is 18.2 Å². The van der Waals surface area contributed by atoms with Crippen LogP contribution in [0.1, 0.15) is 37.4 Å². The van der Waals surface area contributed by atoms with Crippen LogP contribution in [0.5, 0.6) is 0 Å². The standard InChI is InChI=1S/C16H25FN2.2ClH/c1-4-13(3)16(19-9-7-18-8-10-19)14-6-5-12(2)11-15(14)17;;/h5-6,11,13,16,18H,4,7-10H2,1-3H3;2*1H/t13?,16-;;/m1../s1. The van der Waals surface area contributed by atoms with Crippen LogP contribution >= 0.6 is 24.8 Å². The number of hydrogen-bond acceptors (Lipinski definition) is 2. The zero-order valence-corrected chi connectivity index (χ0v) is 14.7. The van der Waals surface area contributed by atoms with Gasteiger partial charge in [-0.25, -0.2) is 4.39 Å². The molecule has 0 radical (unpaired) electrons. The maximum atomic E-state index is 14.3. The molecule has 1 aliphatic rings. The molecule has 0 aliphatic carbocycles. The quantitative estimate of drug-likeness (QED) is 0.894. The number of hydrogen-bond donors (Lipinski definition) is 1. The molecule has 1 unspecified atom stereocenters. The molecule has 1 aromatic rings. The van der Waals surface area contributed by atoms with Crippen molar-refractivity contribution >= 4 is 24.8 Å². The number of rotatable bonds is 4. The number of nitrogens with zero attached hydrogens (tertiary/aromatic N) is 1. The fourth-order valence-electron chi connectivity index (χ4n) is 2.92. The number of piperazine rings is 1. The number of halogens is 3. The molecule has 0 spiro atoms. The largest absolute Gasteiger partial charge is 0.314 e. The minimum Gasteiger partial charge on any atom is -0.314 e. The summed E-state index contributed by atoms with van der Waals surface area (Å²) in [6.07, 6.45) is 1.07. The Morgan fingerprint density at radius 3 is 2.38 bits per heavy atom. The Balaban J connectivity index is 0.00000200. The third kappa shape index (κ3) is 5.10. The van der Waals surface area contributed by atoms with Crippen LogP contribution in [0.4, 0.5) is 4.39 Å². The van der Waals surface area contributed by atoms with Gasteiger partial charge in [0.25, 0.3) is 0 Å². The van der Waals surface area contributed by atoms with E-state index >= 15 is 0 Å². The first-order valence-electron chi connectivity index (χ1n) is 7.34. The summed E-state index contributed by atoms with van der Waals surface area (Å²) in [5.74, 6) is 0.416. The number of nitrogens with one attached hydrogen (secondary N) is 1. The molecular weight excluding hydrogens is 310 g/mol. The van der Waals surface area contributed by atoms with Crippen molar-refractivity contribution < 1.29 is 4.39 Å². The van der Waals surface area contributed by atoms with Gasteiger partial charge in [-0.1, -0.05) is 32.4 Å². The van der Waals surface area contributed by atoms with E-state index in [0.717, 1.165) is 43.7 Å². The topological polar surface area (TPSA) is 15.3 Å². The average Bonchev–Trinajstić information content (AvgIpc) is 2.42. The summed E-state index contributed by atoms with van der Waals surface area (Å²) in [6.45, 7) is 10.4. The molecule has 0 aromatic heterocycles. The van der Waals surface area contributed by atoms with E-state index in [-0.39, 0.29) is 36.7 Å². The second-order valence-electron chi connectivity index (χ2n) is 5.64. The van der Waals surface area contributed by atoms with Crippen LogP contribution in [-0.4, -0.2) is 31.1 Å². The van der Waals surface area contributed by atoms with Gasteiger partial charge < -0.3 is 5.32 Å². The third-order valence-corrected chi connectivity index (χ3v) is 4.20. The average molecular weight is 337 g/mol. The molecule has 0 saturated carbocycles. The van der Waals surface area contributed by atoms with E-state index in [4.69, 9.17) is 0 Å². The van der Waals surface area contributed by atoms with E-state index in [9.17, 15) is 4.39 Å². The van der Waals surface area contributed by atoms with Crippen molar-refractivity contribution in [1.29, 1.82) is 0 Å². The van der Waals surface area contributed by atoms with Crippen LogP contribution in [-0.2, 0) is 0 Å². The first-order chi connectivity index (χ1) is 9.13. The maximum Gasteiger partial charge on any atom is 0.128 e. The van der Waals surface area contributed by atoms with Gasteiger partial charge in [-0.3, -0.25) is 4.90 Å². The molecule has 2 nitrogen and oxygen atoms in total. The highest BCUT2D eigenvalue weighted by atomic mass is 35.5. The first-order valence-corrected chi connectivity index (χ1v) is 7.34. The van der Waals surface area contributed by atoms with Crippen molar-refractivity contribution in [1.82, 2.24) is 10.2 Å². The van der Waals surface area contributed by atoms with Gasteiger partial charge >= 0.3 is 0 Å². The van der Waals surface area contributed by atoms with Crippen molar-refractivity contribution in [2.75, 3.05) is 26.2 Å². The van der Waals surface area contributed by atoms with Gasteiger partial charge in [0.1, 0.15) is 5.82 Å². The first kappa shape index (κ1) is 20.6. The molecule has 1 N–H and O–H groups in total. The van der Waals surface area contributed by atoms with Crippen LogP contribution < -0.4 is 5.32 Å². The van der Waals surface area contributed by atoms with Crippen LogP contribution in [0, 0.1) is 18.7 Å². The molecule has 21 heavy (non-hydrogen) atoms. The molecule has 5 heteroatoms. The lowest BCUT2D eigenvalue weighted by atomic mass is 9.89. The second kappa shape index (κ2) is 9.62. The Morgan fingerprint density at radius 1 is 1.24 bits per heavy atom. The van der Waals surface area contributed by atoms with Crippen molar-refractivity contribution in [2.24, 2.45) is 5.92 Å². The summed E-state index contributed by atoms with van der Waals surface area (Å²) in [4.78, 5) is 2.43. The van der Waals surface area contributed by atoms with E-state index in [2.05, 4.69) is 24.1 Å². The highest BCUT2D eigenvalue weighted by Crippen LogP contribution is 2.32. The molecule has 1 heterocycles. The van der Waals surface area contributed by atoms with E-state index in [0.29, 0.717) is 5.92 Å². The molecular formula is C16H27Cl2FN2. The van der Waals surface area contributed by atoms with Gasteiger partial charge in [0.2, 0.25) is 0 Å². The predicted molar refractivity (Wildman–Crippen MR) is 92.3 cm³/mol. The molecule has 0 bridgehead atoms. The Labute approximate surface area is 140 Å². The summed E-state index contributed by atoms with van der Waals surface area (Å²) in [5.41, 5.74) is 1.85. The van der Waals surface area contributed by atoms with Crippen molar-refractivity contribution in [2.45, 2.75) is 33.2 Å².